The van der Waals surface area contributed by atoms with Crippen LogP contribution in [0, 0.1) is 5.82 Å². The van der Waals surface area contributed by atoms with E-state index in [0.29, 0.717) is 12.2 Å². The summed E-state index contributed by atoms with van der Waals surface area (Å²) in [5.41, 5.74) is 5.42. The number of carbonyl (C=O) groups is 1. The van der Waals surface area contributed by atoms with Crippen molar-refractivity contribution in [2.45, 2.75) is 19.8 Å². The van der Waals surface area contributed by atoms with Crippen LogP contribution >= 0.6 is 0 Å². The highest BCUT2D eigenvalue weighted by Gasteiger charge is 2.30. The lowest BCUT2D eigenvalue weighted by molar-refractivity contribution is -0.117. The van der Waals surface area contributed by atoms with Crippen molar-refractivity contribution in [2.75, 3.05) is 31.7 Å². The number of allylic oxidation sites excluding steroid dienone is 1. The molecule has 6 heteroatoms. The third kappa shape index (κ3) is 2.84. The highest BCUT2D eigenvalue weighted by molar-refractivity contribution is 5.98. The van der Waals surface area contributed by atoms with Gasteiger partial charge in [0.05, 0.1) is 17.9 Å². The van der Waals surface area contributed by atoms with Gasteiger partial charge in [-0.25, -0.2) is 4.39 Å². The van der Waals surface area contributed by atoms with Crippen LogP contribution in [0.4, 0.5) is 10.1 Å². The monoisotopic (exact) mass is 304 g/mol. The van der Waals surface area contributed by atoms with Crippen LogP contribution < -0.4 is 10.5 Å². The van der Waals surface area contributed by atoms with E-state index in [1.807, 2.05) is 14.0 Å². The minimum absolute atomic E-state index is 0.110. The van der Waals surface area contributed by atoms with Crippen molar-refractivity contribution in [3.8, 4) is 0 Å². The van der Waals surface area contributed by atoms with E-state index in [1.54, 1.807) is 22.2 Å². The average molecular weight is 304 g/mol. The standard InChI is InChI=1S/C16H21FN4O/c1-12-16(15(22)11-20-9-3-4-10-20)19(2)18-21(12)14-7-5-13(17)6-8-14/h5-8,18H,3-4,9-11H2,1-2H3. The molecule has 2 aliphatic rings. The second kappa shape index (κ2) is 6.06. The summed E-state index contributed by atoms with van der Waals surface area (Å²) in [7, 11) is 1.82. The third-order valence-corrected chi connectivity index (χ3v) is 4.18. The van der Waals surface area contributed by atoms with Crippen LogP contribution in [0.5, 0.6) is 0 Å². The summed E-state index contributed by atoms with van der Waals surface area (Å²) in [5, 5.41) is 3.54. The lowest BCUT2D eigenvalue weighted by Crippen LogP contribution is -2.40. The van der Waals surface area contributed by atoms with Gasteiger partial charge in [0.2, 0.25) is 0 Å². The van der Waals surface area contributed by atoms with Crippen LogP contribution in [0.1, 0.15) is 19.8 Å². The van der Waals surface area contributed by atoms with Gasteiger partial charge in [-0.1, -0.05) is 0 Å². The number of nitrogens with one attached hydrogen (secondary N) is 1. The Bertz CT molecular complexity index is 593. The number of likely N-dealkylation sites (N-methyl/N-ethyl adjacent to an activating group) is 1. The molecule has 22 heavy (non-hydrogen) atoms. The molecule has 0 atom stereocenters. The van der Waals surface area contributed by atoms with Crippen LogP contribution in [-0.2, 0) is 4.79 Å². The van der Waals surface area contributed by atoms with Gasteiger partial charge in [-0.3, -0.25) is 19.7 Å². The van der Waals surface area contributed by atoms with E-state index < -0.39 is 0 Å². The van der Waals surface area contributed by atoms with Crippen LogP contribution in [0.25, 0.3) is 0 Å². The molecule has 0 unspecified atom stereocenters. The van der Waals surface area contributed by atoms with Crippen molar-refractivity contribution >= 4 is 11.5 Å². The Kier molecular flexibility index (Phi) is 4.13. The zero-order chi connectivity index (χ0) is 15.7. The largest absolute Gasteiger partial charge is 0.296 e. The van der Waals surface area contributed by atoms with Gasteiger partial charge in [-0.15, -0.1) is 5.53 Å². The molecule has 1 aromatic rings. The first-order valence-corrected chi connectivity index (χ1v) is 7.58. The maximum atomic E-state index is 13.1. The molecule has 3 rings (SSSR count). The zero-order valence-corrected chi connectivity index (χ0v) is 13.0. The van der Waals surface area contributed by atoms with E-state index in [2.05, 4.69) is 10.4 Å². The normalized spacial score (nSPS) is 19.4. The number of hydrogen-bond donors (Lipinski definition) is 1. The topological polar surface area (TPSA) is 38.8 Å². The zero-order valence-electron chi connectivity index (χ0n) is 13.0. The second-order valence-corrected chi connectivity index (χ2v) is 5.81. The minimum atomic E-state index is -0.275. The van der Waals surface area contributed by atoms with E-state index in [9.17, 15) is 9.18 Å². The van der Waals surface area contributed by atoms with Crippen LogP contribution in [0.2, 0.25) is 0 Å². The van der Waals surface area contributed by atoms with Crippen molar-refractivity contribution in [1.82, 2.24) is 15.4 Å². The van der Waals surface area contributed by atoms with Crippen molar-refractivity contribution in [1.29, 1.82) is 0 Å². The summed E-state index contributed by atoms with van der Waals surface area (Å²) in [6.07, 6.45) is 2.34. The summed E-state index contributed by atoms with van der Waals surface area (Å²) in [6, 6.07) is 6.20. The number of hydrogen-bond acceptors (Lipinski definition) is 5. The molecule has 0 radical (unpaired) electrons. The SMILES string of the molecule is CC1=C(C(=O)CN2CCCC2)N(C)NN1c1ccc(F)cc1. The van der Waals surface area contributed by atoms with Gasteiger partial charge >= 0.3 is 0 Å². The minimum Gasteiger partial charge on any atom is -0.296 e. The van der Waals surface area contributed by atoms with Crippen molar-refractivity contribution in [3.63, 3.8) is 0 Å². The third-order valence-electron chi connectivity index (χ3n) is 4.18. The molecule has 0 bridgehead atoms. The van der Waals surface area contributed by atoms with Crippen LogP contribution in [0.15, 0.2) is 35.7 Å². The van der Waals surface area contributed by atoms with Crippen LogP contribution in [-0.4, -0.2) is 42.4 Å². The quantitative estimate of drug-likeness (QED) is 0.920. The second-order valence-electron chi connectivity index (χ2n) is 5.81. The highest BCUT2D eigenvalue weighted by Crippen LogP contribution is 2.26. The molecule has 0 amide bonds. The molecule has 0 aromatic heterocycles. The summed E-state index contributed by atoms with van der Waals surface area (Å²) in [5.74, 6) is -0.165. The van der Waals surface area contributed by atoms with Crippen molar-refractivity contribution < 1.29 is 9.18 Å². The molecule has 1 fully saturated rings. The Morgan fingerprint density at radius 1 is 1.23 bits per heavy atom. The number of likely N-dealkylation sites (tertiary alicyclic amines) is 1. The average Bonchev–Trinajstić information content (AvgIpc) is 3.08. The summed E-state index contributed by atoms with van der Waals surface area (Å²) in [6.45, 7) is 4.35. The number of anilines is 1. The van der Waals surface area contributed by atoms with E-state index in [0.717, 1.165) is 24.5 Å². The summed E-state index contributed by atoms with van der Waals surface area (Å²) in [4.78, 5) is 14.8. The first-order valence-electron chi connectivity index (χ1n) is 7.58. The predicted octanol–water partition coefficient (Wildman–Crippen LogP) is 1.89. The van der Waals surface area contributed by atoms with Crippen LogP contribution in [0.3, 0.4) is 0 Å². The maximum Gasteiger partial charge on any atom is 0.196 e. The number of benzene rings is 1. The van der Waals surface area contributed by atoms with E-state index >= 15 is 0 Å². The predicted molar refractivity (Wildman–Crippen MR) is 83.2 cm³/mol. The molecular formula is C16H21FN4O. The lowest BCUT2D eigenvalue weighted by Gasteiger charge is -2.22. The van der Waals surface area contributed by atoms with E-state index in [-0.39, 0.29) is 11.6 Å². The molecular weight excluding hydrogens is 283 g/mol. The molecule has 0 saturated carbocycles. The molecule has 1 aromatic carbocycles. The van der Waals surface area contributed by atoms with Gasteiger partial charge in [0.15, 0.2) is 5.78 Å². The molecule has 0 aliphatic carbocycles. The number of Topliss-reactive ketones (excluding diaryl/α,β-unsaturated/α-hetero) is 1. The smallest absolute Gasteiger partial charge is 0.196 e. The first kappa shape index (κ1) is 15.0. The Morgan fingerprint density at radius 3 is 2.50 bits per heavy atom. The number of nitrogens with zero attached hydrogens (tertiary/aromatic N) is 3. The summed E-state index contributed by atoms with van der Waals surface area (Å²) >= 11 is 0. The van der Waals surface area contributed by atoms with Gasteiger partial charge in [0, 0.05) is 7.05 Å². The fraction of sp³-hybridized carbons (Fsp3) is 0.438. The van der Waals surface area contributed by atoms with Gasteiger partial charge in [0.1, 0.15) is 11.5 Å². The fourth-order valence-electron chi connectivity index (χ4n) is 3.07. The van der Waals surface area contributed by atoms with E-state index in [1.165, 1.54) is 25.0 Å². The first-order chi connectivity index (χ1) is 10.6. The molecule has 0 spiro atoms. The fourth-order valence-corrected chi connectivity index (χ4v) is 3.07. The Hall–Kier alpha value is -1.92. The molecule has 1 N–H and O–H groups in total. The number of hydrazine groups is 2. The van der Waals surface area contributed by atoms with Gasteiger partial charge in [-0.05, 0) is 57.1 Å². The molecule has 2 aliphatic heterocycles. The molecule has 2 heterocycles. The molecule has 1 saturated heterocycles. The van der Waals surface area contributed by atoms with E-state index in [4.69, 9.17) is 0 Å². The number of carbonyl (C=O) groups excluding carboxylic acids is 1. The van der Waals surface area contributed by atoms with Crippen molar-refractivity contribution in [2.24, 2.45) is 0 Å². The number of halogens is 1. The van der Waals surface area contributed by atoms with Crippen molar-refractivity contribution in [3.05, 3.63) is 41.5 Å². The summed E-state index contributed by atoms with van der Waals surface area (Å²) < 4.78 is 13.1. The Labute approximate surface area is 129 Å². The maximum absolute atomic E-state index is 13.1. The number of ketones is 1. The van der Waals surface area contributed by atoms with Gasteiger partial charge in [-0.2, -0.15) is 0 Å². The lowest BCUT2D eigenvalue weighted by atomic mass is 10.2. The Morgan fingerprint density at radius 2 is 1.86 bits per heavy atom. The Balaban J connectivity index is 1.79. The van der Waals surface area contributed by atoms with Gasteiger partial charge < -0.3 is 0 Å². The molecule has 118 valence electrons. The molecule has 5 nitrogen and oxygen atoms in total. The van der Waals surface area contributed by atoms with Gasteiger partial charge in [0.25, 0.3) is 0 Å². The number of rotatable bonds is 4. The highest BCUT2D eigenvalue weighted by atomic mass is 19.1.